The number of carbonyl (C=O) groups is 1. The molecule has 5 heteroatoms. The Hall–Kier alpha value is -1.23. The first kappa shape index (κ1) is 15.2. The van der Waals surface area contributed by atoms with Crippen molar-refractivity contribution in [3.8, 4) is 11.5 Å². The normalized spacial score (nSPS) is 18.9. The Bertz CT molecular complexity index is 476. The van der Waals surface area contributed by atoms with Crippen molar-refractivity contribution in [2.45, 2.75) is 31.7 Å². The fourth-order valence-electron chi connectivity index (χ4n) is 2.68. The maximum Gasteiger partial charge on any atom is 0.254 e. The number of alkyl halides is 1. The van der Waals surface area contributed by atoms with E-state index in [0.29, 0.717) is 17.4 Å². The second-order valence-corrected chi connectivity index (χ2v) is 5.81. The molecule has 1 atom stereocenters. The molecule has 1 saturated heterocycles. The molecule has 1 N–H and O–H groups in total. The summed E-state index contributed by atoms with van der Waals surface area (Å²) in [6.45, 7) is 0.795. The predicted molar refractivity (Wildman–Crippen MR) is 81.7 cm³/mol. The summed E-state index contributed by atoms with van der Waals surface area (Å²) in [6, 6.07) is 5.12. The molecule has 0 saturated carbocycles. The van der Waals surface area contributed by atoms with Crippen LogP contribution >= 0.6 is 15.9 Å². The molecule has 20 heavy (non-hydrogen) atoms. The van der Waals surface area contributed by atoms with Gasteiger partial charge in [-0.25, -0.2) is 0 Å². The molecular formula is C15H20BrNO3. The Balaban J connectivity index is 2.18. The van der Waals surface area contributed by atoms with E-state index in [4.69, 9.17) is 4.74 Å². The van der Waals surface area contributed by atoms with E-state index < -0.39 is 0 Å². The molecule has 1 aromatic rings. The summed E-state index contributed by atoms with van der Waals surface area (Å²) >= 11 is 3.45. The van der Waals surface area contributed by atoms with Gasteiger partial charge >= 0.3 is 0 Å². The summed E-state index contributed by atoms with van der Waals surface area (Å²) < 4.78 is 5.00. The number of aromatic hydroxyl groups is 1. The zero-order valence-corrected chi connectivity index (χ0v) is 13.2. The molecule has 1 fully saturated rings. The Kier molecular flexibility index (Phi) is 5.29. The molecule has 1 unspecified atom stereocenters. The lowest BCUT2D eigenvalue weighted by molar-refractivity contribution is 0.0609. The van der Waals surface area contributed by atoms with Gasteiger partial charge in [-0.3, -0.25) is 4.79 Å². The van der Waals surface area contributed by atoms with E-state index in [9.17, 15) is 9.90 Å². The van der Waals surface area contributed by atoms with Crippen molar-refractivity contribution in [2.24, 2.45) is 0 Å². The lowest BCUT2D eigenvalue weighted by Gasteiger charge is -2.35. The molecule has 1 aromatic carbocycles. The van der Waals surface area contributed by atoms with Crippen molar-refractivity contribution in [1.29, 1.82) is 0 Å². The van der Waals surface area contributed by atoms with Crippen molar-refractivity contribution in [1.82, 2.24) is 4.90 Å². The second kappa shape index (κ2) is 6.97. The van der Waals surface area contributed by atoms with E-state index >= 15 is 0 Å². The van der Waals surface area contributed by atoms with E-state index in [1.165, 1.54) is 19.6 Å². The van der Waals surface area contributed by atoms with Gasteiger partial charge in [-0.2, -0.15) is 0 Å². The number of phenolic OH excluding ortho intramolecular Hbond substituents is 1. The first-order valence-electron chi connectivity index (χ1n) is 6.91. The standard InChI is InChI=1S/C15H20BrNO3/c1-20-14-6-5-11(10-13(14)18)15(19)17-9-3-2-4-12(17)7-8-16/h5-6,10,12,18H,2-4,7-9H2,1H3. The van der Waals surface area contributed by atoms with Gasteiger partial charge < -0.3 is 14.7 Å². The fourth-order valence-corrected chi connectivity index (χ4v) is 3.21. The highest BCUT2D eigenvalue weighted by atomic mass is 79.9. The average molecular weight is 342 g/mol. The van der Waals surface area contributed by atoms with Gasteiger partial charge in [0.25, 0.3) is 5.91 Å². The molecule has 1 aliphatic rings. The molecule has 0 radical (unpaired) electrons. The van der Waals surface area contributed by atoms with E-state index in [1.807, 2.05) is 4.90 Å². The molecule has 0 bridgehead atoms. The third-order valence-corrected chi connectivity index (χ3v) is 4.21. The van der Waals surface area contributed by atoms with E-state index in [0.717, 1.165) is 31.1 Å². The highest BCUT2D eigenvalue weighted by Gasteiger charge is 2.27. The Labute approximate surface area is 127 Å². The third kappa shape index (κ3) is 3.26. The monoisotopic (exact) mass is 341 g/mol. The van der Waals surface area contributed by atoms with E-state index in [2.05, 4.69) is 15.9 Å². The van der Waals surface area contributed by atoms with Crippen molar-refractivity contribution >= 4 is 21.8 Å². The number of nitrogens with zero attached hydrogens (tertiary/aromatic N) is 1. The van der Waals surface area contributed by atoms with Crippen LogP contribution in [0.5, 0.6) is 11.5 Å². The summed E-state index contributed by atoms with van der Waals surface area (Å²) in [5, 5.41) is 10.7. The number of hydrogen-bond donors (Lipinski definition) is 1. The van der Waals surface area contributed by atoms with Gasteiger partial charge in [-0.15, -0.1) is 0 Å². The number of phenols is 1. The second-order valence-electron chi connectivity index (χ2n) is 5.01. The zero-order valence-electron chi connectivity index (χ0n) is 11.6. The van der Waals surface area contributed by atoms with Crippen molar-refractivity contribution in [3.05, 3.63) is 23.8 Å². The summed E-state index contributed by atoms with van der Waals surface area (Å²) in [4.78, 5) is 14.5. The molecule has 2 rings (SSSR count). The van der Waals surface area contributed by atoms with Gasteiger partial charge in [-0.05, 0) is 43.9 Å². The summed E-state index contributed by atoms with van der Waals surface area (Å²) in [7, 11) is 1.49. The van der Waals surface area contributed by atoms with Crippen molar-refractivity contribution in [2.75, 3.05) is 19.0 Å². The SMILES string of the molecule is COc1ccc(C(=O)N2CCCCC2CCBr)cc1O. The number of rotatable bonds is 4. The molecule has 4 nitrogen and oxygen atoms in total. The van der Waals surface area contributed by atoms with Crippen LogP contribution < -0.4 is 4.74 Å². The van der Waals surface area contributed by atoms with E-state index in [-0.39, 0.29) is 11.7 Å². The molecule has 1 aliphatic heterocycles. The van der Waals surface area contributed by atoms with Gasteiger partial charge in [0.15, 0.2) is 11.5 Å². The smallest absolute Gasteiger partial charge is 0.254 e. The van der Waals surface area contributed by atoms with Gasteiger partial charge in [0.05, 0.1) is 7.11 Å². The van der Waals surface area contributed by atoms with Gasteiger partial charge in [0.2, 0.25) is 0 Å². The van der Waals surface area contributed by atoms with Crippen LogP contribution in [-0.4, -0.2) is 40.9 Å². The van der Waals surface area contributed by atoms with Crippen LogP contribution in [0, 0.1) is 0 Å². The lowest BCUT2D eigenvalue weighted by Crippen LogP contribution is -2.43. The van der Waals surface area contributed by atoms with Gasteiger partial charge in [-0.1, -0.05) is 15.9 Å². The fraction of sp³-hybridized carbons (Fsp3) is 0.533. The lowest BCUT2D eigenvalue weighted by atomic mass is 9.99. The highest BCUT2D eigenvalue weighted by Crippen LogP contribution is 2.28. The molecule has 1 amide bonds. The maximum atomic E-state index is 12.6. The molecule has 110 valence electrons. The van der Waals surface area contributed by atoms with Crippen LogP contribution in [0.4, 0.5) is 0 Å². The Morgan fingerprint density at radius 1 is 1.50 bits per heavy atom. The average Bonchev–Trinajstić information content (AvgIpc) is 2.47. The van der Waals surface area contributed by atoms with E-state index in [1.54, 1.807) is 12.1 Å². The summed E-state index contributed by atoms with van der Waals surface area (Å²) in [5.41, 5.74) is 0.518. The predicted octanol–water partition coefficient (Wildman–Crippen LogP) is 3.18. The first-order chi connectivity index (χ1) is 9.67. The highest BCUT2D eigenvalue weighted by molar-refractivity contribution is 9.09. The topological polar surface area (TPSA) is 49.8 Å². The van der Waals surface area contributed by atoms with Crippen molar-refractivity contribution < 1.29 is 14.6 Å². The van der Waals surface area contributed by atoms with Crippen LogP contribution in [-0.2, 0) is 0 Å². The van der Waals surface area contributed by atoms with Crippen LogP contribution in [0.1, 0.15) is 36.0 Å². The number of amides is 1. The van der Waals surface area contributed by atoms with Crippen molar-refractivity contribution in [3.63, 3.8) is 0 Å². The quantitative estimate of drug-likeness (QED) is 0.855. The zero-order chi connectivity index (χ0) is 14.5. The first-order valence-corrected chi connectivity index (χ1v) is 8.03. The third-order valence-electron chi connectivity index (χ3n) is 3.76. The minimum Gasteiger partial charge on any atom is -0.504 e. The largest absolute Gasteiger partial charge is 0.504 e. The molecular weight excluding hydrogens is 322 g/mol. The number of piperidine rings is 1. The van der Waals surface area contributed by atoms with Crippen LogP contribution in [0.15, 0.2) is 18.2 Å². The minimum atomic E-state index is -0.00592. The maximum absolute atomic E-state index is 12.6. The minimum absolute atomic E-state index is 0.00592. The number of carbonyl (C=O) groups excluding carboxylic acids is 1. The number of methoxy groups -OCH3 is 1. The molecule has 0 aromatic heterocycles. The van der Waals surface area contributed by atoms with Gasteiger partial charge in [0.1, 0.15) is 0 Å². The number of ether oxygens (including phenoxy) is 1. The van der Waals surface area contributed by atoms with Crippen LogP contribution in [0.25, 0.3) is 0 Å². The Morgan fingerprint density at radius 3 is 2.95 bits per heavy atom. The number of likely N-dealkylation sites (tertiary alicyclic amines) is 1. The molecule has 0 spiro atoms. The summed E-state index contributed by atoms with van der Waals surface area (Å²) in [6.07, 6.45) is 4.25. The number of halogens is 1. The number of benzene rings is 1. The summed E-state index contributed by atoms with van der Waals surface area (Å²) in [5.74, 6) is 0.387. The Morgan fingerprint density at radius 2 is 2.30 bits per heavy atom. The van der Waals surface area contributed by atoms with Gasteiger partial charge in [0, 0.05) is 23.5 Å². The molecule has 1 heterocycles. The van der Waals surface area contributed by atoms with Crippen LogP contribution in [0.2, 0.25) is 0 Å². The number of hydrogen-bond acceptors (Lipinski definition) is 3. The molecule has 0 aliphatic carbocycles. The van der Waals surface area contributed by atoms with Crippen LogP contribution in [0.3, 0.4) is 0 Å².